The molecule has 0 heterocycles. The van der Waals surface area contributed by atoms with E-state index in [0.717, 1.165) is 31.4 Å². The molecule has 1 aliphatic carbocycles. The Morgan fingerprint density at radius 2 is 2.14 bits per heavy atom. The van der Waals surface area contributed by atoms with E-state index in [2.05, 4.69) is 16.7 Å². The van der Waals surface area contributed by atoms with E-state index >= 15 is 0 Å². The minimum atomic E-state index is -0.460. The molecule has 0 spiro atoms. The molecule has 122 valence electrons. The van der Waals surface area contributed by atoms with Crippen molar-refractivity contribution < 1.29 is 14.6 Å². The van der Waals surface area contributed by atoms with Gasteiger partial charge >= 0.3 is 6.09 Å². The van der Waals surface area contributed by atoms with Crippen molar-refractivity contribution in [2.24, 2.45) is 0 Å². The Labute approximate surface area is 132 Å². The van der Waals surface area contributed by atoms with Crippen LogP contribution in [0.2, 0.25) is 0 Å². The third-order valence-corrected chi connectivity index (χ3v) is 3.66. The van der Waals surface area contributed by atoms with E-state index in [4.69, 9.17) is 4.74 Å². The molecule has 0 aliphatic heterocycles. The number of phenolic OH excluding ortho intramolecular Hbond substituents is 1. The van der Waals surface area contributed by atoms with Crippen LogP contribution in [0.1, 0.15) is 50.8 Å². The van der Waals surface area contributed by atoms with Crippen molar-refractivity contribution >= 4 is 6.09 Å². The van der Waals surface area contributed by atoms with Gasteiger partial charge in [0.2, 0.25) is 0 Å². The Balaban J connectivity index is 1.67. The summed E-state index contributed by atoms with van der Waals surface area (Å²) in [5, 5.41) is 16.1. The van der Waals surface area contributed by atoms with E-state index in [9.17, 15) is 9.90 Å². The number of fused-ring (bicyclic) bond motifs is 1. The molecule has 0 bridgehead atoms. The van der Waals surface area contributed by atoms with Gasteiger partial charge in [0.25, 0.3) is 0 Å². The van der Waals surface area contributed by atoms with E-state index in [1.807, 2.05) is 26.8 Å². The molecule has 2 rings (SSSR count). The molecule has 1 aliphatic rings. The van der Waals surface area contributed by atoms with Gasteiger partial charge in [0.15, 0.2) is 0 Å². The zero-order valence-corrected chi connectivity index (χ0v) is 13.6. The monoisotopic (exact) mass is 306 g/mol. The van der Waals surface area contributed by atoms with Crippen LogP contribution >= 0.6 is 0 Å². The number of carbonyl (C=O) groups excluding carboxylic acids is 1. The number of aromatic hydroxyl groups is 1. The average molecular weight is 306 g/mol. The highest BCUT2D eigenvalue weighted by molar-refractivity contribution is 5.67. The maximum absolute atomic E-state index is 11.5. The summed E-state index contributed by atoms with van der Waals surface area (Å²) in [4.78, 5) is 11.5. The standard InChI is InChI=1S/C17H26N2O3/c1-17(2,3)22-16(21)19-11-5-10-18-14-9-8-13-12(14)6-4-7-15(13)20/h4,6-7,14,18,20H,5,8-11H2,1-3H3,(H,19,21). The summed E-state index contributed by atoms with van der Waals surface area (Å²) >= 11 is 0. The van der Waals surface area contributed by atoms with Crippen LogP contribution in [-0.4, -0.2) is 29.9 Å². The van der Waals surface area contributed by atoms with Gasteiger partial charge in [0.1, 0.15) is 11.4 Å². The predicted molar refractivity (Wildman–Crippen MR) is 86.0 cm³/mol. The van der Waals surface area contributed by atoms with E-state index in [1.165, 1.54) is 5.56 Å². The number of nitrogens with one attached hydrogen (secondary N) is 2. The Morgan fingerprint density at radius 3 is 2.86 bits per heavy atom. The molecule has 1 aromatic carbocycles. The van der Waals surface area contributed by atoms with Crippen LogP contribution in [0.15, 0.2) is 18.2 Å². The number of alkyl carbamates (subject to hydrolysis) is 1. The lowest BCUT2D eigenvalue weighted by atomic mass is 10.1. The lowest BCUT2D eigenvalue weighted by Gasteiger charge is -2.20. The molecular formula is C17H26N2O3. The maximum Gasteiger partial charge on any atom is 0.407 e. The number of carbonyl (C=O) groups is 1. The smallest absolute Gasteiger partial charge is 0.407 e. The molecule has 0 saturated heterocycles. The van der Waals surface area contributed by atoms with Crippen molar-refractivity contribution in [3.8, 4) is 5.75 Å². The van der Waals surface area contributed by atoms with E-state index < -0.39 is 5.60 Å². The molecule has 5 nitrogen and oxygen atoms in total. The largest absolute Gasteiger partial charge is 0.508 e. The minimum absolute atomic E-state index is 0.295. The number of ether oxygens (including phenoxy) is 1. The van der Waals surface area contributed by atoms with Gasteiger partial charge in [-0.2, -0.15) is 0 Å². The second-order valence-corrected chi connectivity index (χ2v) is 6.67. The van der Waals surface area contributed by atoms with Gasteiger partial charge in [-0.25, -0.2) is 4.79 Å². The third-order valence-electron chi connectivity index (χ3n) is 3.66. The van der Waals surface area contributed by atoms with Gasteiger partial charge < -0.3 is 20.5 Å². The summed E-state index contributed by atoms with van der Waals surface area (Å²) in [6, 6.07) is 5.99. The summed E-state index contributed by atoms with van der Waals surface area (Å²) in [5.74, 6) is 0.397. The number of hydrogen-bond donors (Lipinski definition) is 3. The first-order valence-electron chi connectivity index (χ1n) is 7.88. The Hall–Kier alpha value is -1.75. The predicted octanol–water partition coefficient (Wildman–Crippen LogP) is 2.88. The van der Waals surface area contributed by atoms with Crippen LogP contribution in [-0.2, 0) is 11.2 Å². The fourth-order valence-electron chi connectivity index (χ4n) is 2.72. The lowest BCUT2D eigenvalue weighted by molar-refractivity contribution is 0.0527. The van der Waals surface area contributed by atoms with Crippen LogP contribution in [0.4, 0.5) is 4.79 Å². The summed E-state index contributed by atoms with van der Waals surface area (Å²) in [6.45, 7) is 6.94. The first-order valence-corrected chi connectivity index (χ1v) is 7.88. The molecule has 3 N–H and O–H groups in total. The summed E-state index contributed by atoms with van der Waals surface area (Å²) < 4.78 is 5.18. The molecule has 0 radical (unpaired) electrons. The Morgan fingerprint density at radius 1 is 1.36 bits per heavy atom. The molecule has 1 unspecified atom stereocenters. The molecule has 22 heavy (non-hydrogen) atoms. The van der Waals surface area contributed by atoms with Crippen LogP contribution < -0.4 is 10.6 Å². The zero-order chi connectivity index (χ0) is 16.2. The Kier molecular flexibility index (Phi) is 5.29. The minimum Gasteiger partial charge on any atom is -0.508 e. The quantitative estimate of drug-likeness (QED) is 0.732. The van der Waals surface area contributed by atoms with Crippen molar-refractivity contribution in [3.63, 3.8) is 0 Å². The van der Waals surface area contributed by atoms with Crippen molar-refractivity contribution in [1.82, 2.24) is 10.6 Å². The number of benzene rings is 1. The van der Waals surface area contributed by atoms with Crippen LogP contribution in [0.25, 0.3) is 0 Å². The SMILES string of the molecule is CC(C)(C)OC(=O)NCCCNC1CCc2c(O)cccc21. The van der Waals surface area contributed by atoms with Gasteiger partial charge in [0, 0.05) is 12.6 Å². The normalized spacial score (nSPS) is 17.1. The molecule has 1 aromatic rings. The first kappa shape index (κ1) is 16.6. The van der Waals surface area contributed by atoms with E-state index in [-0.39, 0.29) is 6.09 Å². The van der Waals surface area contributed by atoms with Gasteiger partial charge in [-0.05, 0) is 63.8 Å². The number of amides is 1. The van der Waals surface area contributed by atoms with Crippen molar-refractivity contribution in [2.75, 3.05) is 13.1 Å². The lowest BCUT2D eigenvalue weighted by Crippen LogP contribution is -2.34. The molecule has 0 fully saturated rings. The molecule has 1 atom stereocenters. The van der Waals surface area contributed by atoms with Gasteiger partial charge in [-0.1, -0.05) is 12.1 Å². The van der Waals surface area contributed by atoms with Gasteiger partial charge in [-0.15, -0.1) is 0 Å². The highest BCUT2D eigenvalue weighted by Gasteiger charge is 2.23. The topological polar surface area (TPSA) is 70.6 Å². The molecule has 1 amide bonds. The number of hydrogen-bond acceptors (Lipinski definition) is 4. The summed E-state index contributed by atoms with van der Waals surface area (Å²) in [6.07, 6.45) is 2.38. The van der Waals surface area contributed by atoms with E-state index in [1.54, 1.807) is 6.07 Å². The maximum atomic E-state index is 11.5. The third kappa shape index (κ3) is 4.63. The highest BCUT2D eigenvalue weighted by Crippen LogP contribution is 2.36. The van der Waals surface area contributed by atoms with Crippen molar-refractivity contribution in [2.45, 2.75) is 51.7 Å². The zero-order valence-electron chi connectivity index (χ0n) is 13.6. The van der Waals surface area contributed by atoms with Crippen molar-refractivity contribution in [1.29, 1.82) is 0 Å². The molecular weight excluding hydrogens is 280 g/mol. The van der Waals surface area contributed by atoms with Crippen molar-refractivity contribution in [3.05, 3.63) is 29.3 Å². The van der Waals surface area contributed by atoms with E-state index in [0.29, 0.717) is 18.3 Å². The fourth-order valence-corrected chi connectivity index (χ4v) is 2.72. The first-order chi connectivity index (χ1) is 10.4. The second-order valence-electron chi connectivity index (χ2n) is 6.67. The Bertz CT molecular complexity index is 523. The van der Waals surface area contributed by atoms with Gasteiger partial charge in [0.05, 0.1) is 0 Å². The second kappa shape index (κ2) is 7.01. The molecule has 0 aromatic heterocycles. The van der Waals surface area contributed by atoms with Crippen LogP contribution in [0, 0.1) is 0 Å². The summed E-state index contributed by atoms with van der Waals surface area (Å²) in [5.41, 5.74) is 1.80. The summed E-state index contributed by atoms with van der Waals surface area (Å²) in [7, 11) is 0. The van der Waals surface area contributed by atoms with Crippen LogP contribution in [0.3, 0.4) is 0 Å². The molecule has 0 saturated carbocycles. The van der Waals surface area contributed by atoms with Crippen LogP contribution in [0.5, 0.6) is 5.75 Å². The number of phenols is 1. The average Bonchev–Trinajstić information content (AvgIpc) is 2.81. The highest BCUT2D eigenvalue weighted by atomic mass is 16.6. The number of rotatable bonds is 5. The molecule has 5 heteroatoms. The van der Waals surface area contributed by atoms with Gasteiger partial charge in [-0.3, -0.25) is 0 Å². The fraction of sp³-hybridized carbons (Fsp3) is 0.588.